The molecule has 0 aliphatic rings. The first-order chi connectivity index (χ1) is 13.0. The first-order valence-corrected chi connectivity index (χ1v) is 9.09. The summed E-state index contributed by atoms with van der Waals surface area (Å²) in [5.41, 5.74) is 9.52. The van der Waals surface area contributed by atoms with Crippen molar-refractivity contribution in [1.29, 1.82) is 0 Å². The number of nitrogens with zero attached hydrogens (tertiary/aromatic N) is 1. The molecule has 0 bridgehead atoms. The molecule has 2 aromatic rings. The minimum atomic E-state index is -0.233. The SMILES string of the molecule is COc1cc(C=NNC(N)=S)c(Br)cc1OCC(=O)NCc1ccccc1. The zero-order chi connectivity index (χ0) is 19.6. The Morgan fingerprint density at radius 1 is 1.30 bits per heavy atom. The van der Waals surface area contributed by atoms with Crippen molar-refractivity contribution >= 4 is 45.4 Å². The van der Waals surface area contributed by atoms with Gasteiger partial charge in [-0.3, -0.25) is 10.2 Å². The smallest absolute Gasteiger partial charge is 0.258 e. The van der Waals surface area contributed by atoms with Gasteiger partial charge in [-0.15, -0.1) is 0 Å². The maximum Gasteiger partial charge on any atom is 0.258 e. The molecule has 2 rings (SSSR count). The van der Waals surface area contributed by atoms with Gasteiger partial charge in [0.1, 0.15) is 0 Å². The number of carbonyl (C=O) groups is 1. The molecule has 0 unspecified atom stereocenters. The molecule has 0 saturated carbocycles. The van der Waals surface area contributed by atoms with Gasteiger partial charge in [-0.05, 0) is 45.8 Å². The highest BCUT2D eigenvalue weighted by atomic mass is 79.9. The van der Waals surface area contributed by atoms with Gasteiger partial charge in [0.05, 0.1) is 13.3 Å². The summed E-state index contributed by atoms with van der Waals surface area (Å²) in [6.45, 7) is 0.307. The van der Waals surface area contributed by atoms with Gasteiger partial charge in [-0.2, -0.15) is 5.10 Å². The van der Waals surface area contributed by atoms with Gasteiger partial charge >= 0.3 is 0 Å². The van der Waals surface area contributed by atoms with Crippen LogP contribution in [-0.2, 0) is 11.3 Å². The van der Waals surface area contributed by atoms with Crippen molar-refractivity contribution in [2.75, 3.05) is 13.7 Å². The van der Waals surface area contributed by atoms with Gasteiger partial charge in [0.25, 0.3) is 5.91 Å². The fourth-order valence-electron chi connectivity index (χ4n) is 2.08. The number of thiocarbonyl (C=S) groups is 1. The van der Waals surface area contributed by atoms with E-state index in [4.69, 9.17) is 15.2 Å². The van der Waals surface area contributed by atoms with Crippen molar-refractivity contribution < 1.29 is 14.3 Å². The quantitative estimate of drug-likeness (QED) is 0.324. The molecule has 0 atom stereocenters. The number of rotatable bonds is 8. The number of nitrogens with one attached hydrogen (secondary N) is 2. The zero-order valence-corrected chi connectivity index (χ0v) is 17.0. The fourth-order valence-corrected chi connectivity index (χ4v) is 2.56. The number of carbonyl (C=O) groups excluding carboxylic acids is 1. The molecule has 0 heterocycles. The van der Waals surface area contributed by atoms with E-state index >= 15 is 0 Å². The Hall–Kier alpha value is -2.65. The third-order valence-electron chi connectivity index (χ3n) is 3.35. The van der Waals surface area contributed by atoms with Gasteiger partial charge in [-0.1, -0.05) is 30.3 Å². The molecule has 0 saturated heterocycles. The van der Waals surface area contributed by atoms with Crippen molar-refractivity contribution in [2.24, 2.45) is 10.8 Å². The maximum absolute atomic E-state index is 12.0. The van der Waals surface area contributed by atoms with Crippen LogP contribution >= 0.6 is 28.1 Å². The Morgan fingerprint density at radius 2 is 2.04 bits per heavy atom. The molecular weight excluding hydrogens is 432 g/mol. The van der Waals surface area contributed by atoms with Crippen LogP contribution in [0.25, 0.3) is 0 Å². The van der Waals surface area contributed by atoms with E-state index in [9.17, 15) is 4.79 Å². The van der Waals surface area contributed by atoms with Crippen molar-refractivity contribution in [1.82, 2.24) is 10.7 Å². The van der Waals surface area contributed by atoms with E-state index in [1.54, 1.807) is 12.1 Å². The second kappa shape index (κ2) is 10.5. The Kier molecular flexibility index (Phi) is 8.02. The Morgan fingerprint density at radius 3 is 2.70 bits per heavy atom. The second-order valence-electron chi connectivity index (χ2n) is 5.31. The molecule has 27 heavy (non-hydrogen) atoms. The number of amides is 1. The normalized spacial score (nSPS) is 10.4. The number of hydrogen-bond donors (Lipinski definition) is 3. The van der Waals surface area contributed by atoms with E-state index in [1.165, 1.54) is 13.3 Å². The van der Waals surface area contributed by atoms with E-state index < -0.39 is 0 Å². The predicted octanol–water partition coefficient (Wildman–Crippen LogP) is 2.32. The number of hydrazone groups is 1. The second-order valence-corrected chi connectivity index (χ2v) is 6.60. The van der Waals surface area contributed by atoms with E-state index in [-0.39, 0.29) is 17.6 Å². The molecule has 9 heteroatoms. The largest absolute Gasteiger partial charge is 0.493 e. The lowest BCUT2D eigenvalue weighted by Crippen LogP contribution is -2.28. The van der Waals surface area contributed by atoms with E-state index in [1.807, 2.05) is 30.3 Å². The standard InChI is InChI=1S/C18H19BrN4O3S/c1-25-15-7-13(10-22-23-18(20)27)14(19)8-16(15)26-11-17(24)21-9-12-5-3-2-4-6-12/h2-8,10H,9,11H2,1H3,(H,21,24)(H3,20,23,27). The minimum absolute atomic E-state index is 0.0656. The first kappa shape index (κ1) is 20.7. The lowest BCUT2D eigenvalue weighted by Gasteiger charge is -2.13. The highest BCUT2D eigenvalue weighted by Gasteiger charge is 2.11. The number of ether oxygens (including phenoxy) is 2. The number of methoxy groups -OCH3 is 1. The summed E-state index contributed by atoms with van der Waals surface area (Å²) in [6, 6.07) is 13.1. The van der Waals surface area contributed by atoms with Crippen LogP contribution < -0.4 is 25.9 Å². The van der Waals surface area contributed by atoms with Gasteiger partial charge in [0.2, 0.25) is 0 Å². The van der Waals surface area contributed by atoms with Crippen molar-refractivity contribution in [2.45, 2.75) is 6.54 Å². The average Bonchev–Trinajstić information content (AvgIpc) is 2.66. The molecular formula is C18H19BrN4O3S. The van der Waals surface area contributed by atoms with Crippen molar-refractivity contribution in [3.05, 3.63) is 58.1 Å². The zero-order valence-electron chi connectivity index (χ0n) is 14.6. The Balaban J connectivity index is 1.96. The summed E-state index contributed by atoms with van der Waals surface area (Å²) in [6.07, 6.45) is 1.53. The van der Waals surface area contributed by atoms with Crippen molar-refractivity contribution in [3.63, 3.8) is 0 Å². The fraction of sp³-hybridized carbons (Fsp3) is 0.167. The molecule has 0 aliphatic carbocycles. The Bertz CT molecular complexity index is 831. The third-order valence-corrected chi connectivity index (χ3v) is 4.13. The molecule has 142 valence electrons. The van der Waals surface area contributed by atoms with Crippen molar-refractivity contribution in [3.8, 4) is 11.5 Å². The van der Waals surface area contributed by atoms with Gasteiger partial charge < -0.3 is 20.5 Å². The summed E-state index contributed by atoms with van der Waals surface area (Å²) in [5.74, 6) is 0.660. The predicted molar refractivity (Wildman–Crippen MR) is 112 cm³/mol. The number of hydrogen-bond acceptors (Lipinski definition) is 5. The summed E-state index contributed by atoms with van der Waals surface area (Å²) >= 11 is 8.11. The van der Waals surface area contributed by atoms with E-state index in [0.29, 0.717) is 22.5 Å². The van der Waals surface area contributed by atoms with E-state index in [0.717, 1.165) is 11.1 Å². The highest BCUT2D eigenvalue weighted by molar-refractivity contribution is 9.10. The third kappa shape index (κ3) is 6.87. The summed E-state index contributed by atoms with van der Waals surface area (Å²) in [4.78, 5) is 12.0. The average molecular weight is 451 g/mol. The maximum atomic E-state index is 12.0. The van der Waals surface area contributed by atoms with Gasteiger partial charge in [-0.25, -0.2) is 0 Å². The number of benzene rings is 2. The molecule has 7 nitrogen and oxygen atoms in total. The summed E-state index contributed by atoms with van der Waals surface area (Å²) in [7, 11) is 1.51. The van der Waals surface area contributed by atoms with Crippen LogP contribution in [0.3, 0.4) is 0 Å². The lowest BCUT2D eigenvalue weighted by atomic mass is 10.2. The molecule has 1 amide bonds. The number of halogens is 1. The highest BCUT2D eigenvalue weighted by Crippen LogP contribution is 2.32. The Labute approximate surface area is 171 Å². The number of nitrogens with two attached hydrogens (primary N) is 1. The molecule has 0 fully saturated rings. The summed E-state index contributed by atoms with van der Waals surface area (Å²) in [5, 5.41) is 6.77. The topological polar surface area (TPSA) is 98.0 Å². The molecule has 0 aromatic heterocycles. The summed E-state index contributed by atoms with van der Waals surface area (Å²) < 4.78 is 11.6. The van der Waals surface area contributed by atoms with Crippen LogP contribution in [0.4, 0.5) is 0 Å². The molecule has 2 aromatic carbocycles. The molecule has 4 N–H and O–H groups in total. The monoisotopic (exact) mass is 450 g/mol. The van der Waals surface area contributed by atoms with Crippen LogP contribution in [0.5, 0.6) is 11.5 Å². The van der Waals surface area contributed by atoms with E-state index in [2.05, 4.69) is 44.0 Å². The van der Waals surface area contributed by atoms with Crippen LogP contribution in [0.15, 0.2) is 52.0 Å². The first-order valence-electron chi connectivity index (χ1n) is 7.89. The minimum Gasteiger partial charge on any atom is -0.493 e. The van der Waals surface area contributed by atoms with Crippen LogP contribution in [0.2, 0.25) is 0 Å². The van der Waals surface area contributed by atoms with Gasteiger partial charge in [0.15, 0.2) is 23.2 Å². The molecule has 0 spiro atoms. The van der Waals surface area contributed by atoms with Gasteiger partial charge in [0, 0.05) is 16.6 Å². The molecule has 0 radical (unpaired) electrons. The van der Waals surface area contributed by atoms with Crippen LogP contribution in [-0.4, -0.2) is 31.0 Å². The lowest BCUT2D eigenvalue weighted by molar-refractivity contribution is -0.123. The van der Waals surface area contributed by atoms with Crippen LogP contribution in [0.1, 0.15) is 11.1 Å². The molecule has 0 aliphatic heterocycles. The van der Waals surface area contributed by atoms with Crippen LogP contribution in [0, 0.1) is 0 Å².